The number of imidazole rings is 1. The van der Waals surface area contributed by atoms with Crippen molar-refractivity contribution in [3.8, 4) is 0 Å². The van der Waals surface area contributed by atoms with Gasteiger partial charge in [0.1, 0.15) is 0 Å². The van der Waals surface area contributed by atoms with Crippen LogP contribution in [0.5, 0.6) is 0 Å². The Morgan fingerprint density at radius 3 is 2.85 bits per heavy atom. The van der Waals surface area contributed by atoms with E-state index in [9.17, 15) is 4.79 Å². The summed E-state index contributed by atoms with van der Waals surface area (Å²) in [5, 5.41) is 0.694. The number of benzene rings is 1. The highest BCUT2D eigenvalue weighted by Crippen LogP contribution is 2.27. The van der Waals surface area contributed by atoms with Crippen LogP contribution in [-0.2, 0) is 11.3 Å². The highest BCUT2D eigenvalue weighted by molar-refractivity contribution is 8.00. The zero-order valence-corrected chi connectivity index (χ0v) is 12.9. The van der Waals surface area contributed by atoms with Crippen LogP contribution in [-0.4, -0.2) is 39.7 Å². The van der Waals surface area contributed by atoms with E-state index in [0.717, 1.165) is 16.2 Å². The smallest absolute Gasteiger partial charge is 0.235 e. The van der Waals surface area contributed by atoms with Crippen LogP contribution in [0.3, 0.4) is 0 Å². The molecule has 106 valence electrons. The quantitative estimate of drug-likeness (QED) is 0.627. The third kappa shape index (κ3) is 2.88. The number of allylic oxidation sites excluding steroid dienone is 1. The molecular formula is C15H19N3OS. The Bertz CT molecular complexity index is 633. The summed E-state index contributed by atoms with van der Waals surface area (Å²) in [5.74, 6) is 0.0900. The molecule has 0 spiro atoms. The number of hydrogen-bond donors (Lipinski definition) is 0. The SMILES string of the molecule is C=CCn1c(SC(C)C(=O)N(C)C)nc2ccccc21. The molecule has 1 atom stereocenters. The topological polar surface area (TPSA) is 38.1 Å². The van der Waals surface area contributed by atoms with Crippen molar-refractivity contribution in [3.63, 3.8) is 0 Å². The fourth-order valence-corrected chi connectivity index (χ4v) is 3.10. The average molecular weight is 289 g/mol. The Labute approximate surface area is 123 Å². The molecule has 20 heavy (non-hydrogen) atoms. The van der Waals surface area contributed by atoms with Gasteiger partial charge in [-0.25, -0.2) is 4.98 Å². The fraction of sp³-hybridized carbons (Fsp3) is 0.333. The van der Waals surface area contributed by atoms with Crippen molar-refractivity contribution in [1.82, 2.24) is 14.5 Å². The molecule has 1 aromatic heterocycles. The minimum Gasteiger partial charge on any atom is -0.348 e. The summed E-state index contributed by atoms with van der Waals surface area (Å²) in [5.41, 5.74) is 2.01. The van der Waals surface area contributed by atoms with Gasteiger partial charge in [-0.15, -0.1) is 6.58 Å². The highest BCUT2D eigenvalue weighted by Gasteiger charge is 2.20. The zero-order chi connectivity index (χ0) is 14.7. The summed E-state index contributed by atoms with van der Waals surface area (Å²) < 4.78 is 2.09. The van der Waals surface area contributed by atoms with Crippen LogP contribution in [0.25, 0.3) is 11.0 Å². The molecule has 0 fully saturated rings. The van der Waals surface area contributed by atoms with Crippen LogP contribution in [0.15, 0.2) is 42.1 Å². The van der Waals surface area contributed by atoms with Gasteiger partial charge in [-0.1, -0.05) is 30.0 Å². The molecule has 1 unspecified atom stereocenters. The summed E-state index contributed by atoms with van der Waals surface area (Å²) in [6.07, 6.45) is 1.84. The molecule has 0 aliphatic carbocycles. The Morgan fingerprint density at radius 2 is 2.20 bits per heavy atom. The second kappa shape index (κ2) is 6.13. The van der Waals surface area contributed by atoms with Gasteiger partial charge in [0.2, 0.25) is 5.91 Å². The van der Waals surface area contributed by atoms with Crippen LogP contribution >= 0.6 is 11.8 Å². The molecule has 4 nitrogen and oxygen atoms in total. The molecule has 1 heterocycles. The van der Waals surface area contributed by atoms with Crippen LogP contribution in [0.1, 0.15) is 6.92 Å². The molecule has 0 saturated carbocycles. The molecule has 0 aliphatic heterocycles. The molecule has 5 heteroatoms. The van der Waals surface area contributed by atoms with Gasteiger partial charge < -0.3 is 9.47 Å². The number of hydrogen-bond acceptors (Lipinski definition) is 3. The Hall–Kier alpha value is -1.75. The Kier molecular flexibility index (Phi) is 4.49. The first-order chi connectivity index (χ1) is 9.54. The van der Waals surface area contributed by atoms with Crippen molar-refractivity contribution in [2.75, 3.05) is 14.1 Å². The third-order valence-corrected chi connectivity index (χ3v) is 4.08. The van der Waals surface area contributed by atoms with Crippen molar-refractivity contribution in [1.29, 1.82) is 0 Å². The lowest BCUT2D eigenvalue weighted by atomic mass is 10.3. The van der Waals surface area contributed by atoms with Gasteiger partial charge in [0.15, 0.2) is 5.16 Å². The summed E-state index contributed by atoms with van der Waals surface area (Å²) in [4.78, 5) is 18.2. The normalized spacial score (nSPS) is 12.3. The third-order valence-electron chi connectivity index (χ3n) is 3.00. The maximum atomic E-state index is 12.0. The van der Waals surface area contributed by atoms with Crippen LogP contribution in [0.4, 0.5) is 0 Å². The average Bonchev–Trinajstić information content (AvgIpc) is 2.76. The summed E-state index contributed by atoms with van der Waals surface area (Å²) in [6, 6.07) is 7.98. The van der Waals surface area contributed by atoms with Crippen molar-refractivity contribution < 1.29 is 4.79 Å². The first-order valence-electron chi connectivity index (χ1n) is 6.48. The van der Waals surface area contributed by atoms with E-state index in [1.54, 1.807) is 19.0 Å². The molecular weight excluding hydrogens is 270 g/mol. The second-order valence-electron chi connectivity index (χ2n) is 4.78. The molecule has 1 amide bonds. The number of carbonyl (C=O) groups is 1. The van der Waals surface area contributed by atoms with Crippen LogP contribution in [0.2, 0.25) is 0 Å². The molecule has 2 aromatic rings. The minimum absolute atomic E-state index is 0.0900. The number of amides is 1. The van der Waals surface area contributed by atoms with E-state index in [2.05, 4.69) is 16.1 Å². The number of nitrogens with zero attached hydrogens (tertiary/aromatic N) is 3. The standard InChI is InChI=1S/C15H19N3OS/c1-5-10-18-13-9-7-6-8-12(13)16-15(18)20-11(2)14(19)17(3)4/h5-9,11H,1,10H2,2-4H3. The predicted molar refractivity (Wildman–Crippen MR) is 83.9 cm³/mol. The molecule has 0 saturated heterocycles. The van der Waals surface area contributed by atoms with Crippen molar-refractivity contribution >= 4 is 28.7 Å². The number of aromatic nitrogens is 2. The molecule has 0 aliphatic rings. The number of rotatable bonds is 5. The zero-order valence-electron chi connectivity index (χ0n) is 12.0. The number of fused-ring (bicyclic) bond motifs is 1. The van der Waals surface area contributed by atoms with Gasteiger partial charge in [-0.05, 0) is 19.1 Å². The number of para-hydroxylation sites is 2. The lowest BCUT2D eigenvalue weighted by Gasteiger charge is -2.16. The van der Waals surface area contributed by atoms with Crippen molar-refractivity contribution in [2.24, 2.45) is 0 Å². The van der Waals surface area contributed by atoms with Gasteiger partial charge >= 0.3 is 0 Å². The van der Waals surface area contributed by atoms with E-state index < -0.39 is 0 Å². The molecule has 0 bridgehead atoms. The largest absolute Gasteiger partial charge is 0.348 e. The first kappa shape index (κ1) is 14.7. The maximum absolute atomic E-state index is 12.0. The van der Waals surface area contributed by atoms with Gasteiger partial charge in [-0.2, -0.15) is 0 Å². The van der Waals surface area contributed by atoms with E-state index >= 15 is 0 Å². The van der Waals surface area contributed by atoms with E-state index in [0.29, 0.717) is 6.54 Å². The van der Waals surface area contributed by atoms with Gasteiger partial charge in [0.25, 0.3) is 0 Å². The molecule has 1 aromatic carbocycles. The second-order valence-corrected chi connectivity index (χ2v) is 6.08. The van der Waals surface area contributed by atoms with E-state index in [-0.39, 0.29) is 11.2 Å². The van der Waals surface area contributed by atoms with E-state index in [1.807, 2.05) is 37.3 Å². The first-order valence-corrected chi connectivity index (χ1v) is 7.36. The number of thioether (sulfide) groups is 1. The van der Waals surface area contributed by atoms with Crippen molar-refractivity contribution in [2.45, 2.75) is 23.9 Å². The van der Waals surface area contributed by atoms with E-state index in [1.165, 1.54) is 11.8 Å². The van der Waals surface area contributed by atoms with Gasteiger partial charge in [0.05, 0.1) is 16.3 Å². The highest BCUT2D eigenvalue weighted by atomic mass is 32.2. The fourth-order valence-electron chi connectivity index (χ4n) is 2.02. The summed E-state index contributed by atoms with van der Waals surface area (Å²) >= 11 is 1.49. The Morgan fingerprint density at radius 1 is 1.50 bits per heavy atom. The van der Waals surface area contributed by atoms with Gasteiger partial charge in [0, 0.05) is 20.6 Å². The molecule has 2 rings (SSSR count). The Balaban J connectivity index is 2.35. The summed E-state index contributed by atoms with van der Waals surface area (Å²) in [7, 11) is 3.54. The van der Waals surface area contributed by atoms with E-state index in [4.69, 9.17) is 0 Å². The lowest BCUT2D eigenvalue weighted by Crippen LogP contribution is -2.29. The molecule has 0 N–H and O–H groups in total. The number of carbonyl (C=O) groups excluding carboxylic acids is 1. The molecule has 0 radical (unpaired) electrons. The minimum atomic E-state index is -0.162. The van der Waals surface area contributed by atoms with Crippen LogP contribution < -0.4 is 0 Å². The monoisotopic (exact) mass is 289 g/mol. The summed E-state index contributed by atoms with van der Waals surface area (Å²) in [6.45, 7) is 6.39. The van der Waals surface area contributed by atoms with Gasteiger partial charge in [-0.3, -0.25) is 4.79 Å². The maximum Gasteiger partial charge on any atom is 0.235 e. The van der Waals surface area contributed by atoms with Crippen LogP contribution in [0, 0.1) is 0 Å². The lowest BCUT2D eigenvalue weighted by molar-refractivity contribution is -0.127. The predicted octanol–water partition coefficient (Wildman–Crippen LogP) is 2.79. The van der Waals surface area contributed by atoms with Crippen molar-refractivity contribution in [3.05, 3.63) is 36.9 Å².